The van der Waals surface area contributed by atoms with Gasteiger partial charge in [0, 0.05) is 12.5 Å². The summed E-state index contributed by atoms with van der Waals surface area (Å²) in [5.41, 5.74) is 0.601. The van der Waals surface area contributed by atoms with Crippen LogP contribution >= 0.6 is 11.3 Å². The van der Waals surface area contributed by atoms with Crippen LogP contribution in [0.25, 0.3) is 0 Å². The van der Waals surface area contributed by atoms with Crippen molar-refractivity contribution in [3.05, 3.63) is 64.7 Å². The Hall–Kier alpha value is -3.79. The van der Waals surface area contributed by atoms with Crippen molar-refractivity contribution in [2.75, 3.05) is 25.6 Å². The first-order valence-corrected chi connectivity index (χ1v) is 10.2. The molecule has 158 valence electrons. The van der Waals surface area contributed by atoms with Gasteiger partial charge in [0.05, 0.1) is 24.8 Å². The molecule has 1 aliphatic heterocycles. The molecular formula is C21H18N4O5S. The molecule has 1 aromatic heterocycles. The standard InChI is InChI=1S/C21H18N4O5S/c1-29-13-5-4-6-14(11-13)30-10-9-18-23-24-21(31-18)22-17(26)12-25-19(27)15-7-2-3-8-16(15)20(25)28/h2-8,11H,9-10,12H2,1H3,(H,22,24,26). The zero-order chi connectivity index (χ0) is 21.8. The molecule has 0 unspecified atom stereocenters. The Morgan fingerprint density at radius 2 is 1.74 bits per heavy atom. The Morgan fingerprint density at radius 3 is 2.45 bits per heavy atom. The number of rotatable bonds is 8. The summed E-state index contributed by atoms with van der Waals surface area (Å²) >= 11 is 1.20. The molecule has 0 atom stereocenters. The van der Waals surface area contributed by atoms with E-state index in [0.29, 0.717) is 40.7 Å². The van der Waals surface area contributed by atoms with Crippen molar-refractivity contribution in [1.82, 2.24) is 15.1 Å². The van der Waals surface area contributed by atoms with E-state index in [-0.39, 0.29) is 11.7 Å². The first-order chi connectivity index (χ1) is 15.0. The van der Waals surface area contributed by atoms with E-state index in [1.807, 2.05) is 18.2 Å². The van der Waals surface area contributed by atoms with Crippen LogP contribution in [-0.2, 0) is 11.2 Å². The van der Waals surface area contributed by atoms with Gasteiger partial charge in [-0.1, -0.05) is 29.5 Å². The lowest BCUT2D eigenvalue weighted by Gasteiger charge is -2.12. The normalized spacial score (nSPS) is 12.6. The number of nitrogens with one attached hydrogen (secondary N) is 1. The minimum atomic E-state index is -0.523. The average molecular weight is 438 g/mol. The van der Waals surface area contributed by atoms with E-state index in [9.17, 15) is 14.4 Å². The third kappa shape index (κ3) is 4.53. The molecule has 0 radical (unpaired) electrons. The average Bonchev–Trinajstić information content (AvgIpc) is 3.32. The molecular weight excluding hydrogens is 420 g/mol. The SMILES string of the molecule is COc1cccc(OCCc2nnc(NC(=O)CN3C(=O)c4ccccc4C3=O)s2)c1. The highest BCUT2D eigenvalue weighted by atomic mass is 32.1. The van der Waals surface area contributed by atoms with Crippen LogP contribution in [0.4, 0.5) is 5.13 Å². The lowest BCUT2D eigenvalue weighted by Crippen LogP contribution is -2.37. The number of hydrogen-bond acceptors (Lipinski definition) is 8. The Balaban J connectivity index is 1.28. The van der Waals surface area contributed by atoms with Gasteiger partial charge in [0.15, 0.2) is 0 Å². The highest BCUT2D eigenvalue weighted by molar-refractivity contribution is 7.15. The maximum atomic E-state index is 12.4. The number of imide groups is 1. The Bertz CT molecular complexity index is 1110. The van der Waals surface area contributed by atoms with Crippen LogP contribution in [0, 0.1) is 0 Å². The predicted molar refractivity (Wildman–Crippen MR) is 113 cm³/mol. The number of carbonyl (C=O) groups excluding carboxylic acids is 3. The molecule has 9 nitrogen and oxygen atoms in total. The number of anilines is 1. The van der Waals surface area contributed by atoms with E-state index in [1.165, 1.54) is 11.3 Å². The van der Waals surface area contributed by atoms with E-state index in [2.05, 4.69) is 15.5 Å². The minimum absolute atomic E-state index is 0.290. The van der Waals surface area contributed by atoms with Crippen molar-refractivity contribution in [3.8, 4) is 11.5 Å². The van der Waals surface area contributed by atoms with E-state index in [0.717, 1.165) is 4.90 Å². The van der Waals surface area contributed by atoms with Crippen molar-refractivity contribution >= 4 is 34.2 Å². The van der Waals surface area contributed by atoms with Crippen molar-refractivity contribution < 1.29 is 23.9 Å². The number of aromatic nitrogens is 2. The summed E-state index contributed by atoms with van der Waals surface area (Å²) in [6.45, 7) is -0.00893. The molecule has 0 aliphatic carbocycles. The quantitative estimate of drug-likeness (QED) is 0.538. The van der Waals surface area contributed by atoms with Crippen LogP contribution in [0.5, 0.6) is 11.5 Å². The topological polar surface area (TPSA) is 111 Å². The van der Waals surface area contributed by atoms with Gasteiger partial charge in [0.2, 0.25) is 11.0 Å². The van der Waals surface area contributed by atoms with Gasteiger partial charge in [0.25, 0.3) is 11.8 Å². The number of fused-ring (bicyclic) bond motifs is 1. The Morgan fingerprint density at radius 1 is 1.03 bits per heavy atom. The van der Waals surface area contributed by atoms with E-state index in [1.54, 1.807) is 37.4 Å². The molecule has 3 amide bonds. The molecule has 1 N–H and O–H groups in total. The van der Waals surface area contributed by atoms with Gasteiger partial charge in [-0.2, -0.15) is 0 Å². The second kappa shape index (κ2) is 8.92. The van der Waals surface area contributed by atoms with E-state index < -0.39 is 17.7 Å². The molecule has 2 aromatic carbocycles. The van der Waals surface area contributed by atoms with Gasteiger partial charge in [-0.05, 0) is 24.3 Å². The van der Waals surface area contributed by atoms with Crippen LogP contribution < -0.4 is 14.8 Å². The Labute approximate surface area is 181 Å². The van der Waals surface area contributed by atoms with Crippen LogP contribution in [0.15, 0.2) is 48.5 Å². The number of methoxy groups -OCH3 is 1. The van der Waals surface area contributed by atoms with Crippen LogP contribution in [0.1, 0.15) is 25.7 Å². The van der Waals surface area contributed by atoms with E-state index >= 15 is 0 Å². The summed E-state index contributed by atoms with van der Waals surface area (Å²) in [7, 11) is 1.59. The van der Waals surface area contributed by atoms with Gasteiger partial charge >= 0.3 is 0 Å². The fourth-order valence-electron chi connectivity index (χ4n) is 3.04. The van der Waals surface area contributed by atoms with Gasteiger partial charge in [-0.3, -0.25) is 24.6 Å². The van der Waals surface area contributed by atoms with Crippen LogP contribution in [0.2, 0.25) is 0 Å². The number of amides is 3. The molecule has 0 spiro atoms. The van der Waals surface area contributed by atoms with Gasteiger partial charge in [-0.15, -0.1) is 10.2 Å². The largest absolute Gasteiger partial charge is 0.497 e. The van der Waals surface area contributed by atoms with Crippen LogP contribution in [0.3, 0.4) is 0 Å². The van der Waals surface area contributed by atoms with Crippen LogP contribution in [-0.4, -0.2) is 53.1 Å². The smallest absolute Gasteiger partial charge is 0.262 e. The van der Waals surface area contributed by atoms with Crippen molar-refractivity contribution in [2.24, 2.45) is 0 Å². The summed E-state index contributed by atoms with van der Waals surface area (Å²) in [6.07, 6.45) is 0.503. The summed E-state index contributed by atoms with van der Waals surface area (Å²) < 4.78 is 10.8. The van der Waals surface area contributed by atoms with Crippen molar-refractivity contribution in [2.45, 2.75) is 6.42 Å². The monoisotopic (exact) mass is 438 g/mol. The van der Waals surface area contributed by atoms with Gasteiger partial charge in [-0.25, -0.2) is 0 Å². The lowest BCUT2D eigenvalue weighted by molar-refractivity contribution is -0.116. The molecule has 0 saturated carbocycles. The highest BCUT2D eigenvalue weighted by Crippen LogP contribution is 2.23. The predicted octanol–water partition coefficient (Wildman–Crippen LogP) is 2.40. The van der Waals surface area contributed by atoms with Crippen molar-refractivity contribution in [1.29, 1.82) is 0 Å². The lowest BCUT2D eigenvalue weighted by atomic mass is 10.1. The highest BCUT2D eigenvalue weighted by Gasteiger charge is 2.36. The summed E-state index contributed by atoms with van der Waals surface area (Å²) in [5, 5.41) is 11.5. The number of nitrogens with zero attached hydrogens (tertiary/aromatic N) is 3. The van der Waals surface area contributed by atoms with Gasteiger partial charge < -0.3 is 9.47 Å². The number of ether oxygens (including phenoxy) is 2. The molecule has 0 saturated heterocycles. The molecule has 10 heteroatoms. The zero-order valence-electron chi connectivity index (χ0n) is 16.5. The second-order valence-electron chi connectivity index (χ2n) is 6.57. The zero-order valence-corrected chi connectivity index (χ0v) is 17.3. The number of benzene rings is 2. The summed E-state index contributed by atoms with van der Waals surface area (Å²) in [5.74, 6) is -0.105. The fourth-order valence-corrected chi connectivity index (χ4v) is 3.77. The molecule has 0 fully saturated rings. The van der Waals surface area contributed by atoms with Crippen molar-refractivity contribution in [3.63, 3.8) is 0 Å². The van der Waals surface area contributed by atoms with E-state index in [4.69, 9.17) is 9.47 Å². The summed E-state index contributed by atoms with van der Waals surface area (Å²) in [4.78, 5) is 38.0. The Kier molecular flexibility index (Phi) is 5.89. The van der Waals surface area contributed by atoms with Gasteiger partial charge in [0.1, 0.15) is 23.1 Å². The molecule has 3 aromatic rings. The third-order valence-corrected chi connectivity index (χ3v) is 5.42. The number of hydrogen-bond donors (Lipinski definition) is 1. The molecule has 0 bridgehead atoms. The molecule has 4 rings (SSSR count). The summed E-state index contributed by atoms with van der Waals surface area (Å²) in [6, 6.07) is 13.8. The molecule has 2 heterocycles. The number of carbonyl (C=O) groups is 3. The maximum Gasteiger partial charge on any atom is 0.262 e. The maximum absolute atomic E-state index is 12.4. The third-order valence-electron chi connectivity index (χ3n) is 4.52. The second-order valence-corrected chi connectivity index (χ2v) is 7.63. The fraction of sp³-hybridized carbons (Fsp3) is 0.190. The minimum Gasteiger partial charge on any atom is -0.497 e. The molecule has 1 aliphatic rings. The molecule has 31 heavy (non-hydrogen) atoms. The first kappa shape index (κ1) is 20.5. The first-order valence-electron chi connectivity index (χ1n) is 9.39.